The third kappa shape index (κ3) is 0.914. The number of fused-ring (bicyclic) bond motifs is 1. The molecule has 2 heterocycles. The lowest BCUT2D eigenvalue weighted by Gasteiger charge is -2.05. The van der Waals surface area contributed by atoms with Crippen molar-refractivity contribution in [3.05, 3.63) is 11.8 Å². The molecule has 5 heteroatoms. The van der Waals surface area contributed by atoms with Gasteiger partial charge in [-0.3, -0.25) is 14.5 Å². The van der Waals surface area contributed by atoms with Crippen LogP contribution in [-0.2, 0) is 9.59 Å². The number of rotatable bonds is 0. The van der Waals surface area contributed by atoms with Gasteiger partial charge in [0.05, 0.1) is 5.92 Å². The summed E-state index contributed by atoms with van der Waals surface area (Å²) in [6, 6.07) is 0. The van der Waals surface area contributed by atoms with E-state index in [4.69, 9.17) is 0 Å². The molecular formula is C7H9ClN2O2. The molecule has 0 radical (unpaired) electrons. The molecule has 12 heavy (non-hydrogen) atoms. The normalized spacial score (nSPS) is 26.2. The van der Waals surface area contributed by atoms with Crippen LogP contribution in [0.15, 0.2) is 11.8 Å². The lowest BCUT2D eigenvalue weighted by Crippen LogP contribution is -2.28. The fourth-order valence-corrected chi connectivity index (χ4v) is 1.46. The monoisotopic (exact) mass is 188 g/mol. The average molecular weight is 189 g/mol. The summed E-state index contributed by atoms with van der Waals surface area (Å²) in [4.78, 5) is 23.6. The van der Waals surface area contributed by atoms with Crippen LogP contribution in [0, 0.1) is 5.92 Å². The van der Waals surface area contributed by atoms with Gasteiger partial charge in [0.2, 0.25) is 5.91 Å². The molecule has 4 nitrogen and oxygen atoms in total. The number of amides is 2. The van der Waals surface area contributed by atoms with Crippen LogP contribution in [0.5, 0.6) is 0 Å². The molecule has 2 amide bonds. The number of nitrogens with zero attached hydrogens (tertiary/aromatic N) is 1. The van der Waals surface area contributed by atoms with Crippen molar-refractivity contribution in [3.63, 3.8) is 0 Å². The third-order valence-electron chi connectivity index (χ3n) is 2.14. The summed E-state index contributed by atoms with van der Waals surface area (Å²) >= 11 is 0. The van der Waals surface area contributed by atoms with Gasteiger partial charge >= 0.3 is 0 Å². The molecule has 2 aliphatic rings. The van der Waals surface area contributed by atoms with Gasteiger partial charge in [-0.2, -0.15) is 0 Å². The first-order valence-corrected chi connectivity index (χ1v) is 3.47. The van der Waals surface area contributed by atoms with Gasteiger partial charge in [-0.1, -0.05) is 0 Å². The standard InChI is InChI=1S/C7H8N2O2.ClH/c1-9-6(10)4-2-8-3-5(4)7(9)11;/h2,5,8H,3H2,1H3;1H. The van der Waals surface area contributed by atoms with E-state index in [9.17, 15) is 9.59 Å². The highest BCUT2D eigenvalue weighted by Crippen LogP contribution is 2.26. The molecule has 0 aromatic carbocycles. The minimum absolute atomic E-state index is 0. The summed E-state index contributed by atoms with van der Waals surface area (Å²) in [5.74, 6) is -0.469. The van der Waals surface area contributed by atoms with E-state index < -0.39 is 0 Å². The molecule has 0 saturated carbocycles. The van der Waals surface area contributed by atoms with Crippen LogP contribution < -0.4 is 5.32 Å². The van der Waals surface area contributed by atoms with E-state index in [-0.39, 0.29) is 30.1 Å². The summed E-state index contributed by atoms with van der Waals surface area (Å²) in [6.07, 6.45) is 1.63. The Kier molecular flexibility index (Phi) is 2.10. The molecule has 2 aliphatic heterocycles. The van der Waals surface area contributed by atoms with Crippen LogP contribution in [-0.4, -0.2) is 30.3 Å². The molecule has 0 bridgehead atoms. The third-order valence-corrected chi connectivity index (χ3v) is 2.14. The van der Waals surface area contributed by atoms with Gasteiger partial charge in [0.1, 0.15) is 0 Å². The number of likely N-dealkylation sites (N-methyl/N-ethyl adjacent to an activating group) is 1. The number of halogens is 1. The van der Waals surface area contributed by atoms with Gasteiger partial charge < -0.3 is 5.32 Å². The zero-order valence-corrected chi connectivity index (χ0v) is 7.35. The van der Waals surface area contributed by atoms with Crippen molar-refractivity contribution in [3.8, 4) is 0 Å². The van der Waals surface area contributed by atoms with Crippen LogP contribution in [0.2, 0.25) is 0 Å². The number of likely N-dealkylation sites (tertiary alicyclic amines) is 1. The maximum atomic E-state index is 11.2. The molecule has 1 saturated heterocycles. The average Bonchev–Trinajstić information content (AvgIpc) is 2.53. The molecule has 1 fully saturated rings. The molecular weight excluding hydrogens is 180 g/mol. The van der Waals surface area contributed by atoms with Crippen LogP contribution in [0.1, 0.15) is 0 Å². The largest absolute Gasteiger partial charge is 0.389 e. The Labute approximate surface area is 76.0 Å². The second-order valence-corrected chi connectivity index (χ2v) is 2.76. The Hall–Kier alpha value is -1.03. The van der Waals surface area contributed by atoms with Crippen LogP contribution >= 0.6 is 12.4 Å². The number of imide groups is 1. The molecule has 66 valence electrons. The zero-order valence-electron chi connectivity index (χ0n) is 6.53. The zero-order chi connectivity index (χ0) is 8.01. The highest BCUT2D eigenvalue weighted by Gasteiger charge is 2.42. The molecule has 1 N–H and O–H groups in total. The first-order chi connectivity index (χ1) is 5.22. The summed E-state index contributed by atoms with van der Waals surface area (Å²) < 4.78 is 0. The topological polar surface area (TPSA) is 49.4 Å². The Bertz CT molecular complexity index is 275. The molecule has 0 spiro atoms. The smallest absolute Gasteiger partial charge is 0.258 e. The second kappa shape index (κ2) is 2.79. The Morgan fingerprint density at radius 1 is 1.58 bits per heavy atom. The van der Waals surface area contributed by atoms with Crippen molar-refractivity contribution >= 4 is 24.2 Å². The van der Waals surface area contributed by atoms with Crippen LogP contribution in [0.4, 0.5) is 0 Å². The summed E-state index contributed by atoms with van der Waals surface area (Å²) in [6.45, 7) is 0.574. The highest BCUT2D eigenvalue weighted by atomic mass is 35.5. The van der Waals surface area contributed by atoms with Crippen molar-refractivity contribution in [2.45, 2.75) is 0 Å². The van der Waals surface area contributed by atoms with Crippen LogP contribution in [0.25, 0.3) is 0 Å². The molecule has 2 rings (SSSR count). The van der Waals surface area contributed by atoms with Gasteiger partial charge in [0, 0.05) is 25.4 Å². The summed E-state index contributed by atoms with van der Waals surface area (Å²) in [7, 11) is 1.52. The molecule has 0 aliphatic carbocycles. The van der Waals surface area contributed by atoms with Gasteiger partial charge in [-0.25, -0.2) is 0 Å². The maximum Gasteiger partial charge on any atom is 0.258 e. The van der Waals surface area contributed by atoms with Gasteiger partial charge in [0.25, 0.3) is 5.91 Å². The van der Waals surface area contributed by atoms with Crippen molar-refractivity contribution in [1.82, 2.24) is 10.2 Å². The number of carbonyl (C=O) groups excluding carboxylic acids is 2. The SMILES string of the molecule is CN1C(=O)C2=CNCC2C1=O.Cl. The minimum atomic E-state index is -0.215. The van der Waals surface area contributed by atoms with E-state index in [2.05, 4.69) is 5.32 Å². The Morgan fingerprint density at radius 3 is 2.83 bits per heavy atom. The molecule has 0 aromatic rings. The molecule has 1 atom stereocenters. The number of hydrogen-bond donors (Lipinski definition) is 1. The van der Waals surface area contributed by atoms with E-state index in [0.29, 0.717) is 12.1 Å². The van der Waals surface area contributed by atoms with Crippen molar-refractivity contribution in [1.29, 1.82) is 0 Å². The maximum absolute atomic E-state index is 11.2. The van der Waals surface area contributed by atoms with Crippen LogP contribution in [0.3, 0.4) is 0 Å². The quantitative estimate of drug-likeness (QED) is 0.522. The van der Waals surface area contributed by atoms with Crippen molar-refractivity contribution in [2.75, 3.05) is 13.6 Å². The number of nitrogens with one attached hydrogen (secondary N) is 1. The second-order valence-electron chi connectivity index (χ2n) is 2.76. The summed E-state index contributed by atoms with van der Waals surface area (Å²) in [5, 5.41) is 2.88. The van der Waals surface area contributed by atoms with E-state index in [0.717, 1.165) is 0 Å². The van der Waals surface area contributed by atoms with E-state index in [1.807, 2.05) is 0 Å². The summed E-state index contributed by atoms with van der Waals surface area (Å²) in [5.41, 5.74) is 0.609. The minimum Gasteiger partial charge on any atom is -0.389 e. The highest BCUT2D eigenvalue weighted by molar-refractivity contribution is 6.15. The Morgan fingerprint density at radius 2 is 2.25 bits per heavy atom. The predicted octanol–water partition coefficient (Wildman–Crippen LogP) is -0.490. The Balaban J connectivity index is 0.000000720. The van der Waals surface area contributed by atoms with E-state index in [1.54, 1.807) is 6.20 Å². The van der Waals surface area contributed by atoms with Gasteiger partial charge in [-0.05, 0) is 0 Å². The van der Waals surface area contributed by atoms with Gasteiger partial charge in [-0.15, -0.1) is 12.4 Å². The predicted molar refractivity (Wildman–Crippen MR) is 44.6 cm³/mol. The van der Waals surface area contributed by atoms with Gasteiger partial charge in [0.15, 0.2) is 0 Å². The fourth-order valence-electron chi connectivity index (χ4n) is 1.46. The van der Waals surface area contributed by atoms with Crippen molar-refractivity contribution < 1.29 is 9.59 Å². The first kappa shape index (κ1) is 9.06. The lowest BCUT2D eigenvalue weighted by molar-refractivity contribution is -0.137. The van der Waals surface area contributed by atoms with E-state index in [1.165, 1.54) is 11.9 Å². The fraction of sp³-hybridized carbons (Fsp3) is 0.429. The molecule has 1 unspecified atom stereocenters. The molecule has 0 aromatic heterocycles. The van der Waals surface area contributed by atoms with Crippen molar-refractivity contribution in [2.24, 2.45) is 5.92 Å². The lowest BCUT2D eigenvalue weighted by atomic mass is 10.1. The number of carbonyl (C=O) groups is 2. The van der Waals surface area contributed by atoms with E-state index >= 15 is 0 Å². The first-order valence-electron chi connectivity index (χ1n) is 3.47. The number of hydrogen-bond acceptors (Lipinski definition) is 3.